The van der Waals surface area contributed by atoms with Gasteiger partial charge >= 0.3 is 0 Å². The van der Waals surface area contributed by atoms with Gasteiger partial charge in [0.05, 0.1) is 27.2 Å². The fourth-order valence-corrected chi connectivity index (χ4v) is 5.14. The van der Waals surface area contributed by atoms with Crippen LogP contribution in [0.3, 0.4) is 0 Å². The fourth-order valence-electron chi connectivity index (χ4n) is 4.46. The molecular weight excluding hydrogens is 434 g/mol. The Balaban J connectivity index is 1.54. The van der Waals surface area contributed by atoms with Gasteiger partial charge in [-0.05, 0) is 61.9 Å². The molecule has 2 amide bonds. The van der Waals surface area contributed by atoms with Gasteiger partial charge in [0, 0.05) is 31.4 Å². The van der Waals surface area contributed by atoms with Crippen molar-refractivity contribution in [3.05, 3.63) is 64.2 Å². The molecule has 7 nitrogen and oxygen atoms in total. The van der Waals surface area contributed by atoms with E-state index in [1.807, 2.05) is 67.6 Å². The summed E-state index contributed by atoms with van der Waals surface area (Å²) >= 11 is 1.58. The Kier molecular flexibility index (Phi) is 5.46. The average Bonchev–Trinajstić information content (AvgIpc) is 3.57. The highest BCUT2D eigenvalue weighted by Gasteiger charge is 2.23. The highest BCUT2D eigenvalue weighted by atomic mass is 32.1. The number of hydrogen-bond acceptors (Lipinski definition) is 5. The maximum atomic E-state index is 13.5. The van der Waals surface area contributed by atoms with E-state index in [9.17, 15) is 9.59 Å². The van der Waals surface area contributed by atoms with Crippen LogP contribution >= 0.6 is 11.3 Å². The normalized spacial score (nSPS) is 13.6. The number of nitrogens with zero attached hydrogens (tertiary/aromatic N) is 4. The number of pyridine rings is 1. The molecule has 1 fully saturated rings. The van der Waals surface area contributed by atoms with Gasteiger partial charge in [0.1, 0.15) is 0 Å². The number of thiophene rings is 1. The molecule has 4 aromatic rings. The lowest BCUT2D eigenvalue weighted by Crippen LogP contribution is -2.28. The number of carbonyl (C=O) groups excluding carboxylic acids is 2. The molecule has 0 spiro atoms. The molecule has 0 bridgehead atoms. The predicted molar refractivity (Wildman–Crippen MR) is 131 cm³/mol. The van der Waals surface area contributed by atoms with Crippen LogP contribution in [-0.2, 0) is 7.05 Å². The van der Waals surface area contributed by atoms with Crippen molar-refractivity contribution in [2.75, 3.05) is 18.4 Å². The SMILES string of the molecule is Cc1c(NC(=O)c2cc(-c3cccs3)nc3c2c(C)nn3C)cccc1C(=O)N1CCCC1. The molecule has 0 unspecified atom stereocenters. The first-order valence-corrected chi connectivity index (χ1v) is 11.9. The third-order valence-electron chi connectivity index (χ3n) is 6.19. The van der Waals surface area contributed by atoms with Crippen molar-refractivity contribution in [3.8, 4) is 10.6 Å². The van der Waals surface area contributed by atoms with Crippen molar-refractivity contribution < 1.29 is 9.59 Å². The Morgan fingerprint density at radius 3 is 2.58 bits per heavy atom. The molecule has 1 aromatic carbocycles. The van der Waals surface area contributed by atoms with Crippen LogP contribution in [0.25, 0.3) is 21.6 Å². The molecule has 4 heterocycles. The highest BCUT2D eigenvalue weighted by Crippen LogP contribution is 2.30. The van der Waals surface area contributed by atoms with Crippen molar-refractivity contribution in [1.29, 1.82) is 0 Å². The first-order chi connectivity index (χ1) is 15.9. The van der Waals surface area contributed by atoms with E-state index < -0.39 is 0 Å². The second kappa shape index (κ2) is 8.44. The molecule has 0 aliphatic carbocycles. The third-order valence-corrected chi connectivity index (χ3v) is 7.08. The van der Waals surface area contributed by atoms with E-state index in [1.165, 1.54) is 0 Å². The number of aromatic nitrogens is 3. The van der Waals surface area contributed by atoms with Gasteiger partial charge in [-0.1, -0.05) is 12.1 Å². The number of anilines is 1. The van der Waals surface area contributed by atoms with E-state index >= 15 is 0 Å². The Bertz CT molecular complexity index is 1370. The maximum absolute atomic E-state index is 13.5. The summed E-state index contributed by atoms with van der Waals surface area (Å²) in [6.45, 7) is 5.34. The van der Waals surface area contributed by atoms with Gasteiger partial charge in [-0.2, -0.15) is 5.10 Å². The van der Waals surface area contributed by atoms with Crippen molar-refractivity contribution in [2.45, 2.75) is 26.7 Å². The van der Waals surface area contributed by atoms with Crippen LogP contribution in [0.5, 0.6) is 0 Å². The standard InChI is InChI=1S/C25H25N5O2S/c1-15-17(25(32)30-11-4-5-12-30)8-6-9-19(15)27-24(31)18-14-20(21-10-7-13-33-21)26-23-22(18)16(2)28-29(23)3/h6-10,13-14H,4-5,11-12H2,1-3H3,(H,27,31). The number of aryl methyl sites for hydroxylation is 2. The molecule has 5 rings (SSSR count). The summed E-state index contributed by atoms with van der Waals surface area (Å²) < 4.78 is 1.71. The van der Waals surface area contributed by atoms with Gasteiger partial charge < -0.3 is 10.2 Å². The van der Waals surface area contributed by atoms with E-state index in [0.717, 1.165) is 53.1 Å². The number of benzene rings is 1. The highest BCUT2D eigenvalue weighted by molar-refractivity contribution is 7.13. The lowest BCUT2D eigenvalue weighted by atomic mass is 10.0. The summed E-state index contributed by atoms with van der Waals surface area (Å²) in [7, 11) is 1.83. The number of fused-ring (bicyclic) bond motifs is 1. The van der Waals surface area contributed by atoms with E-state index in [-0.39, 0.29) is 11.8 Å². The van der Waals surface area contributed by atoms with Gasteiger partial charge in [0.2, 0.25) is 0 Å². The Morgan fingerprint density at radius 2 is 1.85 bits per heavy atom. The smallest absolute Gasteiger partial charge is 0.256 e. The van der Waals surface area contributed by atoms with Crippen molar-refractivity contribution >= 4 is 39.9 Å². The average molecular weight is 460 g/mol. The van der Waals surface area contributed by atoms with E-state index in [4.69, 9.17) is 4.98 Å². The zero-order valence-electron chi connectivity index (χ0n) is 18.9. The summed E-state index contributed by atoms with van der Waals surface area (Å²) in [5.74, 6) is -0.222. The molecular formula is C25H25N5O2S. The molecule has 1 N–H and O–H groups in total. The monoisotopic (exact) mass is 459 g/mol. The second-order valence-corrected chi connectivity index (χ2v) is 9.32. The summed E-state index contributed by atoms with van der Waals surface area (Å²) in [5, 5.41) is 10.3. The molecule has 33 heavy (non-hydrogen) atoms. The van der Waals surface area contributed by atoms with Gasteiger partial charge in [-0.15, -0.1) is 11.3 Å². The number of hydrogen-bond donors (Lipinski definition) is 1. The zero-order valence-corrected chi connectivity index (χ0v) is 19.7. The quantitative estimate of drug-likeness (QED) is 0.475. The number of nitrogens with one attached hydrogen (secondary N) is 1. The minimum atomic E-state index is -0.245. The molecule has 0 atom stereocenters. The molecule has 8 heteroatoms. The van der Waals surface area contributed by atoms with Crippen LogP contribution in [0.1, 0.15) is 44.8 Å². The Morgan fingerprint density at radius 1 is 1.06 bits per heavy atom. The number of carbonyl (C=O) groups is 2. The lowest BCUT2D eigenvalue weighted by Gasteiger charge is -2.18. The van der Waals surface area contributed by atoms with Gasteiger partial charge in [-0.3, -0.25) is 14.3 Å². The number of likely N-dealkylation sites (tertiary alicyclic amines) is 1. The second-order valence-electron chi connectivity index (χ2n) is 8.37. The van der Waals surface area contributed by atoms with Crippen LogP contribution in [-0.4, -0.2) is 44.6 Å². The third kappa shape index (κ3) is 3.80. The van der Waals surface area contributed by atoms with E-state index in [0.29, 0.717) is 22.5 Å². The molecule has 3 aromatic heterocycles. The van der Waals surface area contributed by atoms with Gasteiger partial charge in [0.15, 0.2) is 5.65 Å². The van der Waals surface area contributed by atoms with Crippen LogP contribution in [0.2, 0.25) is 0 Å². The summed E-state index contributed by atoms with van der Waals surface area (Å²) in [5.41, 5.74) is 4.70. The first-order valence-electron chi connectivity index (χ1n) is 11.0. The van der Waals surface area contributed by atoms with E-state index in [2.05, 4.69) is 10.4 Å². The van der Waals surface area contributed by atoms with Crippen molar-refractivity contribution in [2.24, 2.45) is 7.05 Å². The minimum absolute atomic E-state index is 0.0236. The lowest BCUT2D eigenvalue weighted by molar-refractivity contribution is 0.0791. The number of rotatable bonds is 4. The zero-order chi connectivity index (χ0) is 23.1. The van der Waals surface area contributed by atoms with Crippen LogP contribution in [0.4, 0.5) is 5.69 Å². The van der Waals surface area contributed by atoms with Crippen LogP contribution in [0, 0.1) is 13.8 Å². The molecule has 1 aliphatic rings. The van der Waals surface area contributed by atoms with E-state index in [1.54, 1.807) is 16.0 Å². The molecule has 0 saturated carbocycles. The maximum Gasteiger partial charge on any atom is 0.256 e. The predicted octanol–water partition coefficient (Wildman–Crippen LogP) is 4.80. The molecule has 1 saturated heterocycles. The first kappa shape index (κ1) is 21.3. The molecule has 1 aliphatic heterocycles. The number of amides is 2. The Labute approximate surface area is 196 Å². The minimum Gasteiger partial charge on any atom is -0.339 e. The van der Waals surface area contributed by atoms with Crippen LogP contribution in [0.15, 0.2) is 41.8 Å². The summed E-state index contributed by atoms with van der Waals surface area (Å²) in [6, 6.07) is 11.3. The van der Waals surface area contributed by atoms with Crippen molar-refractivity contribution in [3.63, 3.8) is 0 Å². The molecule has 0 radical (unpaired) electrons. The summed E-state index contributed by atoms with van der Waals surface area (Å²) in [4.78, 5) is 34.1. The van der Waals surface area contributed by atoms with Gasteiger partial charge in [-0.25, -0.2) is 4.98 Å². The largest absolute Gasteiger partial charge is 0.339 e. The topological polar surface area (TPSA) is 80.1 Å². The summed E-state index contributed by atoms with van der Waals surface area (Å²) in [6.07, 6.45) is 2.08. The van der Waals surface area contributed by atoms with Crippen LogP contribution < -0.4 is 5.32 Å². The fraction of sp³-hybridized carbons (Fsp3) is 0.280. The van der Waals surface area contributed by atoms with Gasteiger partial charge in [0.25, 0.3) is 11.8 Å². The molecule has 168 valence electrons. The van der Waals surface area contributed by atoms with Crippen molar-refractivity contribution in [1.82, 2.24) is 19.7 Å². The Hall–Kier alpha value is -3.52.